The quantitative estimate of drug-likeness (QED) is 0.761. The molecule has 0 bridgehead atoms. The molecule has 0 amide bonds. The fourth-order valence-electron chi connectivity index (χ4n) is 4.56. The Morgan fingerprint density at radius 3 is 2.76 bits per heavy atom. The van der Waals surface area contributed by atoms with Crippen LogP contribution in [0.15, 0.2) is 24.5 Å². The van der Waals surface area contributed by atoms with Crippen LogP contribution in [0.3, 0.4) is 0 Å². The van der Waals surface area contributed by atoms with Gasteiger partial charge < -0.3 is 0 Å². The van der Waals surface area contributed by atoms with E-state index in [2.05, 4.69) is 10.1 Å². The number of fused-ring (bicyclic) bond motifs is 2. The number of alkyl halides is 2. The normalized spacial score (nSPS) is 21.0. The van der Waals surface area contributed by atoms with Gasteiger partial charge in [0.25, 0.3) is 0 Å². The molecule has 1 aliphatic heterocycles. The molecule has 1 fully saturated rings. The number of allylic oxidation sites excluding steroid dienone is 2. The monoisotopic (exact) mass is 417 g/mol. The lowest BCUT2D eigenvalue weighted by Gasteiger charge is -2.49. The maximum Gasteiger partial charge on any atom is 0.315 e. The van der Waals surface area contributed by atoms with Crippen molar-refractivity contribution < 1.29 is 17.2 Å². The molecule has 7 nitrogen and oxygen atoms in total. The van der Waals surface area contributed by atoms with Gasteiger partial charge in [-0.25, -0.2) is 8.42 Å². The second-order valence-electron chi connectivity index (χ2n) is 7.62. The van der Waals surface area contributed by atoms with Crippen molar-refractivity contribution in [2.24, 2.45) is 0 Å². The molecule has 0 spiro atoms. The van der Waals surface area contributed by atoms with Crippen molar-refractivity contribution in [3.8, 4) is 17.2 Å². The molecule has 2 aromatic heterocycles. The fourth-order valence-corrected chi connectivity index (χ4v) is 5.80. The lowest BCUT2D eigenvalue weighted by Crippen LogP contribution is -2.65. The SMILES string of the molecule is CCS(=O)(=O)N1CC(CC#N)(n2ncc3c2C(F)(F)C2=CCc4nccc-3c42)C1. The third kappa shape index (κ3) is 2.25. The number of sulfonamides is 1. The standard InChI is InChI=1S/C19H17F2N5O2S/c1-2-29(27,28)25-10-18(11-25,6-7-22)26-17-13(9-24-26)12-5-8-23-15-4-3-14(16(12)15)19(17,20)21/h3,5,8-9H,2,4,6,10-11H2,1H3. The highest BCUT2D eigenvalue weighted by atomic mass is 32.2. The summed E-state index contributed by atoms with van der Waals surface area (Å²) in [7, 11) is -3.47. The number of hydrogen-bond acceptors (Lipinski definition) is 5. The second-order valence-corrected chi connectivity index (χ2v) is 9.88. The van der Waals surface area contributed by atoms with Crippen LogP contribution < -0.4 is 0 Å². The Balaban J connectivity index is 1.68. The molecule has 10 heteroatoms. The van der Waals surface area contributed by atoms with Gasteiger partial charge in [-0.3, -0.25) is 9.67 Å². The maximum atomic E-state index is 15.6. The summed E-state index contributed by atoms with van der Waals surface area (Å²) in [5.74, 6) is -3.39. The van der Waals surface area contributed by atoms with E-state index in [1.807, 2.05) is 6.07 Å². The van der Waals surface area contributed by atoms with Crippen molar-refractivity contribution in [3.63, 3.8) is 0 Å². The van der Waals surface area contributed by atoms with Crippen LogP contribution in [-0.4, -0.2) is 46.3 Å². The lowest BCUT2D eigenvalue weighted by molar-refractivity contribution is 0.0196. The zero-order valence-electron chi connectivity index (χ0n) is 15.6. The Bertz CT molecular complexity index is 1220. The summed E-state index contributed by atoms with van der Waals surface area (Å²) in [5.41, 5.74) is 0.556. The molecule has 2 aromatic rings. The van der Waals surface area contributed by atoms with Gasteiger partial charge in [0.2, 0.25) is 10.0 Å². The lowest BCUT2D eigenvalue weighted by atomic mass is 9.83. The Hall–Kier alpha value is -2.64. The van der Waals surface area contributed by atoms with Crippen molar-refractivity contribution in [1.82, 2.24) is 19.1 Å². The minimum Gasteiger partial charge on any atom is -0.260 e. The van der Waals surface area contributed by atoms with Crippen LogP contribution in [0, 0.1) is 11.3 Å². The highest BCUT2D eigenvalue weighted by Gasteiger charge is 2.56. The van der Waals surface area contributed by atoms with E-state index in [0.29, 0.717) is 28.8 Å². The van der Waals surface area contributed by atoms with Gasteiger partial charge in [-0.05, 0) is 18.6 Å². The van der Waals surface area contributed by atoms with Crippen LogP contribution in [0.4, 0.5) is 8.78 Å². The van der Waals surface area contributed by atoms with Gasteiger partial charge in [0.1, 0.15) is 11.2 Å². The van der Waals surface area contributed by atoms with E-state index >= 15 is 8.78 Å². The van der Waals surface area contributed by atoms with Crippen molar-refractivity contribution >= 4 is 15.6 Å². The molecule has 0 radical (unpaired) electrons. The summed E-state index contributed by atoms with van der Waals surface area (Å²) in [6.45, 7) is 1.43. The molecule has 3 aliphatic rings. The molecule has 5 rings (SSSR count). The Morgan fingerprint density at radius 2 is 2.07 bits per heavy atom. The third-order valence-electron chi connectivity index (χ3n) is 6.05. The molecule has 0 unspecified atom stereocenters. The predicted octanol–water partition coefficient (Wildman–Crippen LogP) is 2.26. The van der Waals surface area contributed by atoms with Crippen LogP contribution in [0.5, 0.6) is 0 Å². The van der Waals surface area contributed by atoms with E-state index in [4.69, 9.17) is 0 Å². The average Bonchev–Trinajstić information content (AvgIpc) is 3.29. The molecule has 1 saturated heterocycles. The predicted molar refractivity (Wildman–Crippen MR) is 100 cm³/mol. The van der Waals surface area contributed by atoms with Gasteiger partial charge in [-0.15, -0.1) is 0 Å². The number of pyridine rings is 1. The van der Waals surface area contributed by atoms with E-state index in [1.54, 1.807) is 12.3 Å². The molecule has 2 aliphatic carbocycles. The topological polar surface area (TPSA) is 91.9 Å². The zero-order chi connectivity index (χ0) is 20.6. The molecule has 0 aromatic carbocycles. The number of aromatic nitrogens is 3. The van der Waals surface area contributed by atoms with Crippen molar-refractivity contribution in [3.05, 3.63) is 41.5 Å². The van der Waals surface area contributed by atoms with E-state index in [0.717, 1.165) is 0 Å². The first-order valence-corrected chi connectivity index (χ1v) is 10.9. The number of halogens is 2. The highest BCUT2D eigenvalue weighted by Crippen LogP contribution is 2.56. The Kier molecular flexibility index (Phi) is 3.62. The third-order valence-corrected chi connectivity index (χ3v) is 7.82. The molecule has 29 heavy (non-hydrogen) atoms. The molecular weight excluding hydrogens is 400 g/mol. The minimum atomic E-state index is -3.47. The summed E-state index contributed by atoms with van der Waals surface area (Å²) in [5, 5.41) is 13.6. The summed E-state index contributed by atoms with van der Waals surface area (Å²) < 4.78 is 58.0. The number of nitriles is 1. The van der Waals surface area contributed by atoms with Crippen LogP contribution in [-0.2, 0) is 27.9 Å². The first-order chi connectivity index (χ1) is 13.7. The van der Waals surface area contributed by atoms with Gasteiger partial charge in [-0.1, -0.05) is 6.08 Å². The van der Waals surface area contributed by atoms with E-state index in [1.165, 1.54) is 28.2 Å². The molecular formula is C19H17F2N5O2S. The first kappa shape index (κ1) is 18.4. The average molecular weight is 417 g/mol. The highest BCUT2D eigenvalue weighted by molar-refractivity contribution is 7.89. The number of hydrogen-bond donors (Lipinski definition) is 0. The van der Waals surface area contributed by atoms with E-state index in [-0.39, 0.29) is 36.5 Å². The maximum absolute atomic E-state index is 15.6. The zero-order valence-corrected chi connectivity index (χ0v) is 16.4. The van der Waals surface area contributed by atoms with Gasteiger partial charge in [0.05, 0.1) is 30.1 Å². The molecule has 0 atom stereocenters. The van der Waals surface area contributed by atoms with Crippen molar-refractivity contribution in [1.29, 1.82) is 5.26 Å². The first-order valence-electron chi connectivity index (χ1n) is 9.26. The van der Waals surface area contributed by atoms with Crippen LogP contribution in [0.1, 0.15) is 30.3 Å². The summed E-state index contributed by atoms with van der Waals surface area (Å²) >= 11 is 0. The second kappa shape index (κ2) is 5.70. The van der Waals surface area contributed by atoms with Crippen molar-refractivity contribution in [2.45, 2.75) is 31.2 Å². The van der Waals surface area contributed by atoms with Gasteiger partial charge in [0, 0.05) is 42.4 Å². The Morgan fingerprint density at radius 1 is 1.31 bits per heavy atom. The molecule has 3 heterocycles. The van der Waals surface area contributed by atoms with Crippen molar-refractivity contribution in [2.75, 3.05) is 18.8 Å². The molecule has 150 valence electrons. The van der Waals surface area contributed by atoms with Crippen LogP contribution in [0.25, 0.3) is 16.7 Å². The van der Waals surface area contributed by atoms with Crippen LogP contribution >= 0.6 is 0 Å². The van der Waals surface area contributed by atoms with Gasteiger partial charge >= 0.3 is 5.92 Å². The number of nitrogens with zero attached hydrogens (tertiary/aromatic N) is 5. The minimum absolute atomic E-state index is 0.0472. The van der Waals surface area contributed by atoms with Gasteiger partial charge in [-0.2, -0.15) is 23.4 Å². The summed E-state index contributed by atoms with van der Waals surface area (Å²) in [4.78, 5) is 4.22. The largest absolute Gasteiger partial charge is 0.315 e. The fraction of sp³-hybridized carbons (Fsp3) is 0.421. The summed E-state index contributed by atoms with van der Waals surface area (Å²) in [6, 6.07) is 3.72. The summed E-state index contributed by atoms with van der Waals surface area (Å²) in [6.07, 6.45) is 4.72. The van der Waals surface area contributed by atoms with E-state index in [9.17, 15) is 13.7 Å². The van der Waals surface area contributed by atoms with E-state index < -0.39 is 21.5 Å². The molecule has 0 N–H and O–H groups in total. The Labute approximate surface area is 166 Å². The number of rotatable bonds is 4. The smallest absolute Gasteiger partial charge is 0.260 e. The molecule has 0 saturated carbocycles. The van der Waals surface area contributed by atoms with Crippen LogP contribution in [0.2, 0.25) is 0 Å². The van der Waals surface area contributed by atoms with Gasteiger partial charge in [0.15, 0.2) is 0 Å².